The first-order valence-corrected chi connectivity index (χ1v) is 8.81. The number of esters is 1. The summed E-state index contributed by atoms with van der Waals surface area (Å²) in [6, 6.07) is 2.25. The van der Waals surface area contributed by atoms with Crippen molar-refractivity contribution in [2.75, 3.05) is 0 Å². The molecule has 0 bridgehead atoms. The molecular weight excluding hydrogens is 364 g/mol. The van der Waals surface area contributed by atoms with Crippen LogP contribution in [0.25, 0.3) is 0 Å². The molecule has 0 fully saturated rings. The summed E-state index contributed by atoms with van der Waals surface area (Å²) in [5.74, 6) is -2.96. The molecule has 0 radical (unpaired) electrons. The fourth-order valence-electron chi connectivity index (χ4n) is 2.86. The normalized spacial score (nSPS) is 14.8. The number of hydrogen-bond acceptors (Lipinski definition) is 7. The summed E-state index contributed by atoms with van der Waals surface area (Å²) in [6.07, 6.45) is 1.54. The molecule has 1 aromatic carbocycles. The SMILES string of the molecule is CC(C)=CC[C@@H](OC(=O)CC(C)(C)O)C1=CC(=O)c2c(O)ccc(O)c2C1=O. The first kappa shape index (κ1) is 21.4. The molecule has 7 nitrogen and oxygen atoms in total. The molecule has 150 valence electrons. The molecule has 0 unspecified atom stereocenters. The molecule has 0 aliphatic heterocycles. The number of benzene rings is 1. The van der Waals surface area contributed by atoms with Crippen LogP contribution in [0.2, 0.25) is 0 Å². The summed E-state index contributed by atoms with van der Waals surface area (Å²) in [5, 5.41) is 29.8. The van der Waals surface area contributed by atoms with Gasteiger partial charge in [-0.2, -0.15) is 0 Å². The number of Topliss-reactive ketones (excluding diaryl/α,β-unsaturated/α-hetero) is 1. The van der Waals surface area contributed by atoms with Gasteiger partial charge in [0.25, 0.3) is 0 Å². The van der Waals surface area contributed by atoms with E-state index in [-0.39, 0.29) is 29.5 Å². The molecule has 0 spiro atoms. The van der Waals surface area contributed by atoms with E-state index < -0.39 is 40.7 Å². The van der Waals surface area contributed by atoms with Crippen LogP contribution in [0.15, 0.2) is 35.4 Å². The Bertz CT molecular complexity index is 881. The molecule has 1 aromatic rings. The number of aromatic hydroxyl groups is 2. The van der Waals surface area contributed by atoms with Crippen molar-refractivity contribution in [2.24, 2.45) is 0 Å². The van der Waals surface area contributed by atoms with Gasteiger partial charge in [-0.1, -0.05) is 11.6 Å². The van der Waals surface area contributed by atoms with Crippen LogP contribution in [0.5, 0.6) is 11.5 Å². The van der Waals surface area contributed by atoms with Gasteiger partial charge < -0.3 is 20.1 Å². The van der Waals surface area contributed by atoms with Crippen molar-refractivity contribution in [1.29, 1.82) is 0 Å². The van der Waals surface area contributed by atoms with Gasteiger partial charge in [0.1, 0.15) is 17.6 Å². The number of carbonyl (C=O) groups excluding carboxylic acids is 3. The molecule has 7 heteroatoms. The third kappa shape index (κ3) is 4.86. The van der Waals surface area contributed by atoms with E-state index in [9.17, 15) is 29.7 Å². The van der Waals surface area contributed by atoms with Gasteiger partial charge in [0.15, 0.2) is 11.6 Å². The van der Waals surface area contributed by atoms with Crippen molar-refractivity contribution in [3.05, 3.63) is 46.6 Å². The second kappa shape index (κ2) is 7.98. The number of phenolic OH excluding ortho intramolecular Hbond substituents is 2. The summed E-state index contributed by atoms with van der Waals surface area (Å²) in [7, 11) is 0. The molecule has 0 amide bonds. The van der Waals surface area contributed by atoms with Crippen molar-refractivity contribution in [3.8, 4) is 11.5 Å². The van der Waals surface area contributed by atoms with Crippen LogP contribution in [-0.2, 0) is 9.53 Å². The Morgan fingerprint density at radius 2 is 1.71 bits per heavy atom. The monoisotopic (exact) mass is 388 g/mol. The molecule has 0 aromatic heterocycles. The van der Waals surface area contributed by atoms with Crippen molar-refractivity contribution in [3.63, 3.8) is 0 Å². The summed E-state index contributed by atoms with van der Waals surface area (Å²) >= 11 is 0. The molecule has 2 rings (SSSR count). The molecule has 1 atom stereocenters. The topological polar surface area (TPSA) is 121 Å². The highest BCUT2D eigenvalue weighted by atomic mass is 16.5. The van der Waals surface area contributed by atoms with Gasteiger partial charge in [-0.3, -0.25) is 14.4 Å². The summed E-state index contributed by atoms with van der Waals surface area (Å²) in [6.45, 7) is 6.56. The molecular formula is C21H24O7. The van der Waals surface area contributed by atoms with Crippen molar-refractivity contribution in [1.82, 2.24) is 0 Å². The quantitative estimate of drug-likeness (QED) is 0.389. The molecule has 3 N–H and O–H groups in total. The Labute approximate surface area is 163 Å². The first-order valence-electron chi connectivity index (χ1n) is 8.81. The Balaban J connectivity index is 2.44. The Morgan fingerprint density at radius 1 is 1.14 bits per heavy atom. The highest BCUT2D eigenvalue weighted by Crippen LogP contribution is 2.36. The summed E-state index contributed by atoms with van der Waals surface area (Å²) < 4.78 is 5.39. The lowest BCUT2D eigenvalue weighted by Gasteiger charge is -2.25. The van der Waals surface area contributed by atoms with Crippen LogP contribution in [0.3, 0.4) is 0 Å². The van der Waals surface area contributed by atoms with Crippen molar-refractivity contribution >= 4 is 17.5 Å². The first-order chi connectivity index (χ1) is 12.9. The number of allylic oxidation sites excluding steroid dienone is 2. The average molecular weight is 388 g/mol. The molecule has 1 aliphatic rings. The molecule has 28 heavy (non-hydrogen) atoms. The van der Waals surface area contributed by atoms with E-state index in [0.717, 1.165) is 23.8 Å². The van der Waals surface area contributed by atoms with Crippen LogP contribution < -0.4 is 0 Å². The van der Waals surface area contributed by atoms with Crippen LogP contribution in [-0.4, -0.2) is 44.6 Å². The number of rotatable bonds is 6. The van der Waals surface area contributed by atoms with Crippen LogP contribution in [0, 0.1) is 0 Å². The lowest BCUT2D eigenvalue weighted by atomic mass is 9.85. The zero-order valence-corrected chi connectivity index (χ0v) is 16.3. The largest absolute Gasteiger partial charge is 0.507 e. The Morgan fingerprint density at radius 3 is 2.25 bits per heavy atom. The zero-order valence-electron chi connectivity index (χ0n) is 16.3. The smallest absolute Gasteiger partial charge is 0.309 e. The molecule has 0 saturated heterocycles. The van der Waals surface area contributed by atoms with E-state index in [4.69, 9.17) is 4.74 Å². The summed E-state index contributed by atoms with van der Waals surface area (Å²) in [4.78, 5) is 37.6. The fourth-order valence-corrected chi connectivity index (χ4v) is 2.86. The highest BCUT2D eigenvalue weighted by molar-refractivity contribution is 6.27. The maximum absolute atomic E-state index is 12.9. The second-order valence-electron chi connectivity index (χ2n) is 7.63. The second-order valence-corrected chi connectivity index (χ2v) is 7.63. The third-order valence-electron chi connectivity index (χ3n) is 4.12. The number of hydrogen-bond donors (Lipinski definition) is 3. The van der Waals surface area contributed by atoms with Crippen LogP contribution in [0.4, 0.5) is 0 Å². The number of ketones is 2. The van der Waals surface area contributed by atoms with Gasteiger partial charge >= 0.3 is 5.97 Å². The van der Waals surface area contributed by atoms with Crippen LogP contribution >= 0.6 is 0 Å². The van der Waals surface area contributed by atoms with Gasteiger partial charge in [0.2, 0.25) is 0 Å². The van der Waals surface area contributed by atoms with Crippen molar-refractivity contribution < 1.29 is 34.4 Å². The lowest BCUT2D eigenvalue weighted by molar-refractivity contribution is -0.151. The van der Waals surface area contributed by atoms with Gasteiger partial charge in [-0.05, 0) is 45.9 Å². The van der Waals surface area contributed by atoms with Gasteiger partial charge in [-0.15, -0.1) is 0 Å². The minimum atomic E-state index is -1.30. The predicted molar refractivity (Wildman–Crippen MR) is 101 cm³/mol. The van der Waals surface area contributed by atoms with E-state index in [1.807, 2.05) is 13.8 Å². The van der Waals surface area contributed by atoms with Gasteiger partial charge in [-0.25, -0.2) is 0 Å². The van der Waals surface area contributed by atoms with Crippen LogP contribution in [0.1, 0.15) is 61.3 Å². The average Bonchev–Trinajstić information content (AvgIpc) is 2.55. The molecule has 0 saturated carbocycles. The Kier molecular flexibility index (Phi) is 6.09. The lowest BCUT2D eigenvalue weighted by Crippen LogP contribution is -2.32. The standard InChI is InChI=1S/C21H24O7/c1-11(2)5-8-16(28-17(25)10-21(3,4)27)12-9-15(24)18-13(22)6-7-14(23)19(18)20(12)26/h5-7,9,16,22-23,27H,8,10H2,1-4H3/t16-/m1/s1. The maximum atomic E-state index is 12.9. The van der Waals surface area contributed by atoms with E-state index >= 15 is 0 Å². The fraction of sp³-hybridized carbons (Fsp3) is 0.381. The zero-order chi connectivity index (χ0) is 21.2. The minimum absolute atomic E-state index is 0.0972. The number of phenols is 2. The number of carbonyl (C=O) groups is 3. The summed E-state index contributed by atoms with van der Waals surface area (Å²) in [5.41, 5.74) is -1.07. The number of ether oxygens (including phenoxy) is 1. The number of aliphatic hydroxyl groups is 1. The Hall–Kier alpha value is -2.93. The van der Waals surface area contributed by atoms with Gasteiger partial charge in [0.05, 0.1) is 23.1 Å². The van der Waals surface area contributed by atoms with E-state index in [0.29, 0.717) is 0 Å². The van der Waals surface area contributed by atoms with Crippen molar-refractivity contribution in [2.45, 2.75) is 52.2 Å². The highest BCUT2D eigenvalue weighted by Gasteiger charge is 2.36. The maximum Gasteiger partial charge on any atom is 0.309 e. The third-order valence-corrected chi connectivity index (χ3v) is 4.12. The minimum Gasteiger partial charge on any atom is -0.507 e. The van der Waals surface area contributed by atoms with E-state index in [2.05, 4.69) is 0 Å². The molecule has 0 heterocycles. The number of fused-ring (bicyclic) bond motifs is 1. The van der Waals surface area contributed by atoms with E-state index in [1.165, 1.54) is 13.8 Å². The predicted octanol–water partition coefficient (Wildman–Crippen LogP) is 2.83. The molecule has 1 aliphatic carbocycles. The van der Waals surface area contributed by atoms with Gasteiger partial charge in [0, 0.05) is 12.0 Å². The van der Waals surface area contributed by atoms with E-state index in [1.54, 1.807) is 6.08 Å².